The van der Waals surface area contributed by atoms with Crippen LogP contribution < -0.4 is 4.90 Å². The molecule has 0 radical (unpaired) electrons. The second-order valence-corrected chi connectivity index (χ2v) is 7.47. The molecule has 0 unspecified atom stereocenters. The van der Waals surface area contributed by atoms with Crippen molar-refractivity contribution in [2.45, 2.75) is 38.5 Å². The zero-order chi connectivity index (χ0) is 17.8. The molecular formula is C21H28N4O. The Morgan fingerprint density at radius 3 is 2.23 bits per heavy atom. The maximum absolute atomic E-state index is 12.8. The van der Waals surface area contributed by atoms with Gasteiger partial charge in [0, 0.05) is 44.5 Å². The van der Waals surface area contributed by atoms with Crippen LogP contribution >= 0.6 is 0 Å². The quantitative estimate of drug-likeness (QED) is 0.849. The van der Waals surface area contributed by atoms with E-state index in [1.165, 1.54) is 25.7 Å². The van der Waals surface area contributed by atoms with Gasteiger partial charge >= 0.3 is 0 Å². The molecule has 0 aromatic carbocycles. The fourth-order valence-corrected chi connectivity index (χ4v) is 4.13. The molecule has 4 heterocycles. The van der Waals surface area contributed by atoms with Crippen molar-refractivity contribution < 1.29 is 4.79 Å². The molecule has 26 heavy (non-hydrogen) atoms. The van der Waals surface area contributed by atoms with Crippen LogP contribution in [0.25, 0.3) is 5.69 Å². The summed E-state index contributed by atoms with van der Waals surface area (Å²) in [6.07, 6.45) is 12.7. The number of hydrogen-bond acceptors (Lipinski definition) is 3. The summed E-state index contributed by atoms with van der Waals surface area (Å²) in [6, 6.07) is 8.23. The fraction of sp³-hybridized carbons (Fsp3) is 0.524. The number of likely N-dealkylation sites (tertiary alicyclic amines) is 1. The topological polar surface area (TPSA) is 41.4 Å². The minimum atomic E-state index is 0.198. The molecule has 4 rings (SSSR count). The summed E-state index contributed by atoms with van der Waals surface area (Å²) in [6.45, 7) is 3.75. The van der Waals surface area contributed by atoms with Crippen LogP contribution in [0.15, 0.2) is 42.9 Å². The molecule has 0 bridgehead atoms. The normalized spacial score (nSPS) is 19.4. The van der Waals surface area contributed by atoms with E-state index >= 15 is 0 Å². The first-order valence-corrected chi connectivity index (χ1v) is 9.94. The van der Waals surface area contributed by atoms with Crippen molar-refractivity contribution in [3.63, 3.8) is 0 Å². The number of amides is 1. The minimum absolute atomic E-state index is 0.198. The standard InChI is InChI=1S/C21H28N4O/c26-21(25-13-3-1-2-4-14-25)18-9-15-24(16-10-18)20-8-7-19(17-22-20)23-11-5-6-12-23/h5-8,11-12,17-18H,1-4,9-10,13-16H2. The van der Waals surface area contributed by atoms with E-state index in [-0.39, 0.29) is 5.92 Å². The van der Waals surface area contributed by atoms with E-state index in [0.717, 1.165) is 50.5 Å². The van der Waals surface area contributed by atoms with Crippen molar-refractivity contribution in [1.29, 1.82) is 0 Å². The molecule has 2 aromatic rings. The summed E-state index contributed by atoms with van der Waals surface area (Å²) in [7, 11) is 0. The molecule has 2 fully saturated rings. The lowest BCUT2D eigenvalue weighted by molar-refractivity contribution is -0.136. The van der Waals surface area contributed by atoms with Gasteiger partial charge in [-0.25, -0.2) is 4.98 Å². The SMILES string of the molecule is O=C(C1CCN(c2ccc(-n3cccc3)cn2)CC1)N1CCCCCC1. The molecule has 2 aliphatic rings. The van der Waals surface area contributed by atoms with Crippen LogP contribution in [-0.2, 0) is 4.79 Å². The second-order valence-electron chi connectivity index (χ2n) is 7.47. The Morgan fingerprint density at radius 2 is 1.62 bits per heavy atom. The molecule has 138 valence electrons. The third kappa shape index (κ3) is 3.76. The summed E-state index contributed by atoms with van der Waals surface area (Å²) in [5.74, 6) is 1.60. The van der Waals surface area contributed by atoms with Gasteiger partial charge in [0.1, 0.15) is 5.82 Å². The Labute approximate surface area is 155 Å². The van der Waals surface area contributed by atoms with Crippen LogP contribution in [0.3, 0.4) is 0 Å². The van der Waals surface area contributed by atoms with Gasteiger partial charge in [0.05, 0.1) is 11.9 Å². The van der Waals surface area contributed by atoms with E-state index in [1.54, 1.807) is 0 Å². The number of carbonyl (C=O) groups excluding carboxylic acids is 1. The lowest BCUT2D eigenvalue weighted by Crippen LogP contribution is -2.43. The van der Waals surface area contributed by atoms with E-state index in [9.17, 15) is 4.79 Å². The average molecular weight is 352 g/mol. The number of piperidine rings is 1. The van der Waals surface area contributed by atoms with E-state index in [4.69, 9.17) is 0 Å². The van der Waals surface area contributed by atoms with Gasteiger partial charge in [0.2, 0.25) is 5.91 Å². The first-order chi connectivity index (χ1) is 12.8. The van der Waals surface area contributed by atoms with Gasteiger partial charge in [-0.05, 0) is 49.9 Å². The molecule has 0 atom stereocenters. The number of carbonyl (C=O) groups is 1. The second kappa shape index (κ2) is 7.94. The number of aromatic nitrogens is 2. The van der Waals surface area contributed by atoms with Gasteiger partial charge in [-0.1, -0.05) is 12.8 Å². The molecule has 2 aliphatic heterocycles. The van der Waals surface area contributed by atoms with Gasteiger partial charge in [-0.2, -0.15) is 0 Å². The van der Waals surface area contributed by atoms with Gasteiger partial charge in [-0.3, -0.25) is 4.79 Å². The van der Waals surface area contributed by atoms with Gasteiger partial charge in [0.15, 0.2) is 0 Å². The third-order valence-corrected chi connectivity index (χ3v) is 5.72. The average Bonchev–Trinajstić information content (AvgIpc) is 3.10. The predicted molar refractivity (Wildman–Crippen MR) is 104 cm³/mol. The van der Waals surface area contributed by atoms with Crippen LogP contribution in [0.2, 0.25) is 0 Å². The zero-order valence-electron chi connectivity index (χ0n) is 15.4. The Kier molecular flexibility index (Phi) is 5.23. The van der Waals surface area contributed by atoms with E-state index < -0.39 is 0 Å². The molecule has 5 nitrogen and oxygen atoms in total. The van der Waals surface area contributed by atoms with Gasteiger partial charge in [0.25, 0.3) is 0 Å². The Balaban J connectivity index is 1.33. The van der Waals surface area contributed by atoms with Crippen molar-refractivity contribution in [1.82, 2.24) is 14.5 Å². The predicted octanol–water partition coefficient (Wildman–Crippen LogP) is 3.49. The molecule has 0 N–H and O–H groups in total. The molecule has 0 saturated carbocycles. The zero-order valence-corrected chi connectivity index (χ0v) is 15.4. The minimum Gasteiger partial charge on any atom is -0.357 e. The highest BCUT2D eigenvalue weighted by Gasteiger charge is 2.29. The van der Waals surface area contributed by atoms with Crippen molar-refractivity contribution in [2.75, 3.05) is 31.1 Å². The third-order valence-electron chi connectivity index (χ3n) is 5.72. The van der Waals surface area contributed by atoms with Crippen molar-refractivity contribution in [3.8, 4) is 5.69 Å². The highest BCUT2D eigenvalue weighted by Crippen LogP contribution is 2.25. The Bertz CT molecular complexity index is 694. The number of rotatable bonds is 3. The molecule has 0 aliphatic carbocycles. The molecule has 0 spiro atoms. The van der Waals surface area contributed by atoms with Crippen LogP contribution in [0.1, 0.15) is 38.5 Å². The van der Waals surface area contributed by atoms with Crippen LogP contribution in [0, 0.1) is 5.92 Å². The lowest BCUT2D eigenvalue weighted by atomic mass is 9.95. The number of pyridine rings is 1. The lowest BCUT2D eigenvalue weighted by Gasteiger charge is -2.34. The van der Waals surface area contributed by atoms with Crippen molar-refractivity contribution in [3.05, 3.63) is 42.9 Å². The largest absolute Gasteiger partial charge is 0.357 e. The first kappa shape index (κ1) is 17.1. The number of nitrogens with zero attached hydrogens (tertiary/aromatic N) is 4. The van der Waals surface area contributed by atoms with E-state index in [2.05, 4.69) is 31.5 Å². The van der Waals surface area contributed by atoms with E-state index in [0.29, 0.717) is 5.91 Å². The number of hydrogen-bond donors (Lipinski definition) is 0. The van der Waals surface area contributed by atoms with Gasteiger partial charge < -0.3 is 14.4 Å². The molecule has 1 amide bonds. The molecular weight excluding hydrogens is 324 g/mol. The van der Waals surface area contributed by atoms with Crippen molar-refractivity contribution >= 4 is 11.7 Å². The molecule has 5 heteroatoms. The first-order valence-electron chi connectivity index (χ1n) is 9.94. The number of anilines is 1. The van der Waals surface area contributed by atoms with Crippen LogP contribution in [0.4, 0.5) is 5.82 Å². The smallest absolute Gasteiger partial charge is 0.225 e. The highest BCUT2D eigenvalue weighted by molar-refractivity contribution is 5.79. The van der Waals surface area contributed by atoms with Crippen LogP contribution in [0.5, 0.6) is 0 Å². The monoisotopic (exact) mass is 352 g/mol. The summed E-state index contributed by atoms with van der Waals surface area (Å²) >= 11 is 0. The van der Waals surface area contributed by atoms with Gasteiger partial charge in [-0.15, -0.1) is 0 Å². The molecule has 2 aromatic heterocycles. The summed E-state index contributed by atoms with van der Waals surface area (Å²) in [5, 5.41) is 0. The van der Waals surface area contributed by atoms with Crippen LogP contribution in [-0.4, -0.2) is 46.5 Å². The van der Waals surface area contributed by atoms with E-state index in [1.807, 2.05) is 30.7 Å². The maximum atomic E-state index is 12.8. The summed E-state index contributed by atoms with van der Waals surface area (Å²) < 4.78 is 2.06. The summed E-state index contributed by atoms with van der Waals surface area (Å²) in [5.41, 5.74) is 1.07. The highest BCUT2D eigenvalue weighted by atomic mass is 16.2. The van der Waals surface area contributed by atoms with Crippen molar-refractivity contribution in [2.24, 2.45) is 5.92 Å². The summed E-state index contributed by atoms with van der Waals surface area (Å²) in [4.78, 5) is 21.9. The Morgan fingerprint density at radius 1 is 0.923 bits per heavy atom. The Hall–Kier alpha value is -2.30. The molecule has 2 saturated heterocycles. The fourth-order valence-electron chi connectivity index (χ4n) is 4.13. The maximum Gasteiger partial charge on any atom is 0.225 e.